The fourth-order valence-electron chi connectivity index (χ4n) is 3.99. The molecule has 4 rings (SSSR count). The van der Waals surface area contributed by atoms with E-state index in [2.05, 4.69) is 10.6 Å². The van der Waals surface area contributed by atoms with E-state index in [0.29, 0.717) is 22.4 Å². The second-order valence-corrected chi connectivity index (χ2v) is 9.75. The molecule has 3 nitrogen and oxygen atoms in total. The fraction of sp³-hybridized carbons (Fsp3) is 0.269. The molecule has 0 spiro atoms. The van der Waals surface area contributed by atoms with Crippen LogP contribution < -0.4 is 10.6 Å². The highest BCUT2D eigenvalue weighted by Crippen LogP contribution is 2.36. The van der Waals surface area contributed by atoms with Crippen molar-refractivity contribution < 1.29 is 26.7 Å². The van der Waals surface area contributed by atoms with Gasteiger partial charge in [0, 0.05) is 22.8 Å². The van der Waals surface area contributed by atoms with Crippen molar-refractivity contribution >= 4 is 41.7 Å². The minimum Gasteiger partial charge on any atom is -0.348 e. The lowest BCUT2D eigenvalue weighted by molar-refractivity contribution is -0.137. The Balaban J connectivity index is 0.00000380. The van der Waals surface area contributed by atoms with Crippen LogP contribution in [-0.2, 0) is 31.3 Å². The lowest BCUT2D eigenvalue weighted by Crippen LogP contribution is -2.24. The first-order chi connectivity index (χ1) is 17.1. The first-order valence-corrected chi connectivity index (χ1v) is 12.6. The maximum Gasteiger partial charge on any atom is 0.416 e. The van der Waals surface area contributed by atoms with E-state index >= 15 is 0 Å². The van der Waals surface area contributed by atoms with E-state index in [1.165, 1.54) is 35.0 Å². The molecule has 0 fully saturated rings. The van der Waals surface area contributed by atoms with Gasteiger partial charge in [0.05, 0.1) is 16.1 Å². The smallest absolute Gasteiger partial charge is 0.348 e. The number of hydrogen-bond donors (Lipinski definition) is 2. The van der Waals surface area contributed by atoms with Crippen LogP contribution in [0.25, 0.3) is 0 Å². The molecule has 1 aliphatic heterocycles. The van der Waals surface area contributed by atoms with Crippen molar-refractivity contribution in [3.63, 3.8) is 0 Å². The molecule has 0 saturated heterocycles. The first kappa shape index (κ1) is 29.2. The van der Waals surface area contributed by atoms with E-state index in [4.69, 9.17) is 11.6 Å². The molecule has 3 aromatic rings. The van der Waals surface area contributed by atoms with Crippen LogP contribution in [0.3, 0.4) is 0 Å². The zero-order valence-corrected chi connectivity index (χ0v) is 21.7. The molecule has 0 saturated carbocycles. The van der Waals surface area contributed by atoms with Gasteiger partial charge in [-0.2, -0.15) is 13.2 Å². The van der Waals surface area contributed by atoms with Crippen LogP contribution in [0, 0.1) is 11.6 Å². The maximum absolute atomic E-state index is 14.7. The van der Waals surface area contributed by atoms with Gasteiger partial charge in [-0.3, -0.25) is 4.79 Å². The predicted molar refractivity (Wildman–Crippen MR) is 138 cm³/mol. The molecule has 37 heavy (non-hydrogen) atoms. The molecule has 0 aliphatic carbocycles. The topological polar surface area (TPSA) is 41.1 Å². The summed E-state index contributed by atoms with van der Waals surface area (Å²) in [5.41, 5.74) is 1.59. The number of fused-ring (bicyclic) bond motifs is 1. The fourth-order valence-corrected chi connectivity index (χ4v) is 5.44. The molecule has 1 aliphatic rings. The highest BCUT2D eigenvalue weighted by molar-refractivity contribution is 7.98. The van der Waals surface area contributed by atoms with Gasteiger partial charge in [-0.1, -0.05) is 29.8 Å². The summed E-state index contributed by atoms with van der Waals surface area (Å²) >= 11 is 7.97. The number of halogens is 7. The number of nitrogens with one attached hydrogen (secondary N) is 2. The van der Waals surface area contributed by atoms with Gasteiger partial charge in [-0.25, -0.2) is 8.78 Å². The van der Waals surface area contributed by atoms with Crippen LogP contribution in [0.15, 0.2) is 53.4 Å². The van der Waals surface area contributed by atoms with Gasteiger partial charge in [0.25, 0.3) is 5.91 Å². The molecule has 1 heterocycles. The second-order valence-electron chi connectivity index (χ2n) is 8.35. The van der Waals surface area contributed by atoms with Crippen molar-refractivity contribution in [2.24, 2.45) is 0 Å². The molecule has 3 aromatic carbocycles. The van der Waals surface area contributed by atoms with E-state index in [1.807, 2.05) is 12.1 Å². The molecular formula is C26H23Cl2F5N2OS. The van der Waals surface area contributed by atoms with Gasteiger partial charge in [0.15, 0.2) is 0 Å². The molecule has 1 amide bonds. The van der Waals surface area contributed by atoms with Crippen molar-refractivity contribution in [1.82, 2.24) is 10.6 Å². The van der Waals surface area contributed by atoms with Crippen LogP contribution in [0.4, 0.5) is 22.0 Å². The summed E-state index contributed by atoms with van der Waals surface area (Å²) in [5.74, 6) is -2.21. The summed E-state index contributed by atoms with van der Waals surface area (Å²) in [5, 5.41) is 6.36. The molecule has 2 N–H and O–H groups in total. The monoisotopic (exact) mass is 576 g/mol. The number of hydrogen-bond acceptors (Lipinski definition) is 3. The molecular weight excluding hydrogens is 554 g/mol. The van der Waals surface area contributed by atoms with E-state index < -0.39 is 29.3 Å². The van der Waals surface area contributed by atoms with Crippen molar-refractivity contribution in [2.75, 3.05) is 13.1 Å². The molecule has 0 bridgehead atoms. The number of thioether (sulfide) groups is 1. The number of alkyl halides is 3. The zero-order valence-electron chi connectivity index (χ0n) is 19.4. The Morgan fingerprint density at radius 1 is 1.00 bits per heavy atom. The molecule has 198 valence electrons. The summed E-state index contributed by atoms with van der Waals surface area (Å²) in [6.45, 7) is 1.38. The molecule has 0 aromatic heterocycles. The third-order valence-electron chi connectivity index (χ3n) is 5.91. The van der Waals surface area contributed by atoms with Gasteiger partial charge < -0.3 is 10.6 Å². The van der Waals surface area contributed by atoms with E-state index in [-0.39, 0.29) is 30.1 Å². The molecule has 0 atom stereocenters. The van der Waals surface area contributed by atoms with Gasteiger partial charge in [-0.15, -0.1) is 24.2 Å². The highest BCUT2D eigenvalue weighted by Gasteiger charge is 2.31. The van der Waals surface area contributed by atoms with Crippen LogP contribution in [-0.4, -0.2) is 19.0 Å². The Morgan fingerprint density at radius 2 is 1.76 bits per heavy atom. The van der Waals surface area contributed by atoms with Crippen LogP contribution in [0.5, 0.6) is 0 Å². The average molecular weight is 577 g/mol. The largest absolute Gasteiger partial charge is 0.416 e. The van der Waals surface area contributed by atoms with Crippen LogP contribution in [0.1, 0.15) is 38.2 Å². The van der Waals surface area contributed by atoms with Crippen LogP contribution in [0.2, 0.25) is 5.02 Å². The summed E-state index contributed by atoms with van der Waals surface area (Å²) in [7, 11) is 0. The lowest BCUT2D eigenvalue weighted by Gasteiger charge is -2.14. The normalized spacial score (nSPS) is 13.4. The van der Waals surface area contributed by atoms with Crippen molar-refractivity contribution in [1.29, 1.82) is 0 Å². The Morgan fingerprint density at radius 3 is 2.46 bits per heavy atom. The number of benzene rings is 3. The Bertz CT molecular complexity index is 1290. The third kappa shape index (κ3) is 7.16. The average Bonchev–Trinajstić information content (AvgIpc) is 3.07. The maximum atomic E-state index is 14.7. The molecule has 0 unspecified atom stereocenters. The van der Waals surface area contributed by atoms with Gasteiger partial charge >= 0.3 is 6.18 Å². The minimum absolute atomic E-state index is 0. The Hall–Kier alpha value is -2.33. The minimum atomic E-state index is -4.67. The summed E-state index contributed by atoms with van der Waals surface area (Å²) in [4.78, 5) is 13.4. The van der Waals surface area contributed by atoms with Crippen LogP contribution >= 0.6 is 35.8 Å². The Labute approximate surface area is 226 Å². The van der Waals surface area contributed by atoms with Crippen molar-refractivity contribution in [3.05, 3.63) is 98.6 Å². The number of amides is 1. The van der Waals surface area contributed by atoms with Gasteiger partial charge in [0.1, 0.15) is 11.6 Å². The quantitative estimate of drug-likeness (QED) is 0.246. The van der Waals surface area contributed by atoms with Gasteiger partial charge in [0.2, 0.25) is 0 Å². The first-order valence-electron chi connectivity index (χ1n) is 11.2. The number of rotatable bonds is 6. The van der Waals surface area contributed by atoms with E-state index in [0.717, 1.165) is 43.0 Å². The van der Waals surface area contributed by atoms with E-state index in [9.17, 15) is 26.7 Å². The standard InChI is InChI=1S/C26H22ClF5N2OS.ClH/c27-21-6-3-16-7-9-33-10-8-19(16)24(21)36-14-15-1-5-20(23(29)11-15)25(35)34-13-17-2-4-18(12-22(17)28)26(30,31)32;/h1-6,11-12,33H,7-10,13-14H2,(H,34,35);1H. The lowest BCUT2D eigenvalue weighted by atomic mass is 10.0. The summed E-state index contributed by atoms with van der Waals surface area (Å²) in [6.07, 6.45) is -2.91. The summed E-state index contributed by atoms with van der Waals surface area (Å²) < 4.78 is 66.8. The Kier molecular flexibility index (Phi) is 9.86. The summed E-state index contributed by atoms with van der Waals surface area (Å²) in [6, 6.07) is 10.2. The number of carbonyl (C=O) groups excluding carboxylic acids is 1. The molecule has 11 heteroatoms. The van der Waals surface area contributed by atoms with Crippen molar-refractivity contribution in [3.8, 4) is 0 Å². The zero-order chi connectivity index (χ0) is 25.9. The number of carbonyl (C=O) groups is 1. The van der Waals surface area contributed by atoms with Crippen molar-refractivity contribution in [2.45, 2.75) is 36.2 Å². The third-order valence-corrected chi connectivity index (χ3v) is 7.57. The highest BCUT2D eigenvalue weighted by atomic mass is 35.5. The van der Waals surface area contributed by atoms with Gasteiger partial charge in [-0.05, 0) is 73.0 Å². The molecule has 0 radical (unpaired) electrons. The predicted octanol–water partition coefficient (Wildman–Crippen LogP) is 6.97. The second kappa shape index (κ2) is 12.5. The SMILES string of the molecule is Cl.O=C(NCc1ccc(C(F)(F)F)cc1F)c1ccc(CSc2c(Cl)ccc3c2CCNCC3)cc1F. The van der Waals surface area contributed by atoms with E-state index in [1.54, 1.807) is 6.07 Å².